The van der Waals surface area contributed by atoms with Crippen molar-refractivity contribution >= 4 is 17.5 Å². The molecule has 1 N–H and O–H groups in total. The van der Waals surface area contributed by atoms with Crippen LogP contribution in [0.3, 0.4) is 0 Å². The van der Waals surface area contributed by atoms with Crippen LogP contribution in [0, 0.1) is 0 Å². The number of rotatable bonds is 4. The predicted molar refractivity (Wildman–Crippen MR) is 91.2 cm³/mol. The molecule has 0 aliphatic carbocycles. The summed E-state index contributed by atoms with van der Waals surface area (Å²) < 4.78 is 0. The van der Waals surface area contributed by atoms with Crippen molar-refractivity contribution in [2.75, 3.05) is 6.54 Å². The van der Waals surface area contributed by atoms with Crippen molar-refractivity contribution < 1.29 is 9.90 Å². The van der Waals surface area contributed by atoms with Gasteiger partial charge in [-0.05, 0) is 30.0 Å². The van der Waals surface area contributed by atoms with E-state index in [1.165, 1.54) is 0 Å². The molecule has 1 heterocycles. The topological polar surface area (TPSA) is 40.5 Å². The molecule has 2 unspecified atom stereocenters. The van der Waals surface area contributed by atoms with Gasteiger partial charge >= 0.3 is 0 Å². The summed E-state index contributed by atoms with van der Waals surface area (Å²) in [6, 6.07) is 17.0. The molecule has 0 spiro atoms. The Hall–Kier alpha value is -1.84. The zero-order valence-electron chi connectivity index (χ0n) is 12.9. The average Bonchev–Trinajstić information content (AvgIpc) is 3.05. The van der Waals surface area contributed by atoms with Gasteiger partial charge in [0, 0.05) is 11.6 Å². The Kier molecular flexibility index (Phi) is 4.99. The third-order valence-corrected chi connectivity index (χ3v) is 4.73. The first-order valence-corrected chi connectivity index (χ1v) is 8.31. The molecule has 0 bridgehead atoms. The van der Waals surface area contributed by atoms with Crippen LogP contribution in [0.2, 0.25) is 5.02 Å². The van der Waals surface area contributed by atoms with E-state index in [1.807, 2.05) is 59.5 Å². The van der Waals surface area contributed by atoms with Crippen molar-refractivity contribution in [3.05, 3.63) is 70.7 Å². The highest BCUT2D eigenvalue weighted by molar-refractivity contribution is 6.31. The standard InChI is InChI=1S/C19H20ClNO2/c20-16-10-5-4-9-15(16)17-11-6-12-21(17)19(23)13-18(22)14-7-2-1-3-8-14/h1-5,7-10,17-18,22H,6,11-13H2. The van der Waals surface area contributed by atoms with Crippen molar-refractivity contribution in [2.24, 2.45) is 0 Å². The Balaban J connectivity index is 1.73. The number of aliphatic hydroxyl groups is 1. The van der Waals surface area contributed by atoms with Gasteiger partial charge in [0.15, 0.2) is 0 Å². The molecule has 2 atom stereocenters. The first kappa shape index (κ1) is 16.0. The molecule has 120 valence electrons. The van der Waals surface area contributed by atoms with Gasteiger partial charge in [-0.1, -0.05) is 60.1 Å². The molecule has 0 radical (unpaired) electrons. The maximum absolute atomic E-state index is 12.6. The lowest BCUT2D eigenvalue weighted by Crippen LogP contribution is -2.31. The molecule has 3 nitrogen and oxygen atoms in total. The molecule has 1 aliphatic heterocycles. The van der Waals surface area contributed by atoms with Gasteiger partial charge < -0.3 is 10.0 Å². The van der Waals surface area contributed by atoms with Gasteiger partial charge in [-0.2, -0.15) is 0 Å². The first-order valence-electron chi connectivity index (χ1n) is 7.93. The number of hydrogen-bond donors (Lipinski definition) is 1. The molecular weight excluding hydrogens is 310 g/mol. The number of likely N-dealkylation sites (tertiary alicyclic amines) is 1. The Labute approximate surface area is 141 Å². The van der Waals surface area contributed by atoms with E-state index in [0.717, 1.165) is 30.5 Å². The van der Waals surface area contributed by atoms with Crippen LogP contribution in [0.25, 0.3) is 0 Å². The van der Waals surface area contributed by atoms with Crippen LogP contribution in [-0.4, -0.2) is 22.5 Å². The molecule has 1 fully saturated rings. The number of hydrogen-bond acceptors (Lipinski definition) is 2. The van der Waals surface area contributed by atoms with E-state index in [2.05, 4.69) is 0 Å². The van der Waals surface area contributed by atoms with Crippen molar-refractivity contribution in [3.63, 3.8) is 0 Å². The van der Waals surface area contributed by atoms with Crippen LogP contribution in [-0.2, 0) is 4.79 Å². The van der Waals surface area contributed by atoms with Crippen LogP contribution < -0.4 is 0 Å². The summed E-state index contributed by atoms with van der Waals surface area (Å²) in [4.78, 5) is 14.5. The Morgan fingerprint density at radius 1 is 1.17 bits per heavy atom. The van der Waals surface area contributed by atoms with E-state index in [1.54, 1.807) is 0 Å². The van der Waals surface area contributed by atoms with Crippen LogP contribution in [0.1, 0.15) is 42.5 Å². The summed E-state index contributed by atoms with van der Waals surface area (Å²) >= 11 is 6.29. The van der Waals surface area contributed by atoms with E-state index in [9.17, 15) is 9.90 Å². The molecular formula is C19H20ClNO2. The molecule has 2 aromatic carbocycles. The molecule has 1 aliphatic rings. The number of amides is 1. The van der Waals surface area contributed by atoms with E-state index in [-0.39, 0.29) is 18.4 Å². The highest BCUT2D eigenvalue weighted by Crippen LogP contribution is 2.36. The number of carbonyl (C=O) groups is 1. The van der Waals surface area contributed by atoms with E-state index in [4.69, 9.17) is 11.6 Å². The van der Waals surface area contributed by atoms with Crippen LogP contribution in [0.5, 0.6) is 0 Å². The Morgan fingerprint density at radius 3 is 2.61 bits per heavy atom. The summed E-state index contributed by atoms with van der Waals surface area (Å²) in [5.41, 5.74) is 1.77. The third kappa shape index (κ3) is 3.57. The Bertz CT molecular complexity index is 674. The lowest BCUT2D eigenvalue weighted by atomic mass is 10.0. The van der Waals surface area contributed by atoms with Crippen LogP contribution >= 0.6 is 11.6 Å². The van der Waals surface area contributed by atoms with E-state index in [0.29, 0.717) is 5.02 Å². The van der Waals surface area contributed by atoms with E-state index < -0.39 is 6.10 Å². The summed E-state index contributed by atoms with van der Waals surface area (Å²) in [6.45, 7) is 0.718. The highest BCUT2D eigenvalue weighted by atomic mass is 35.5. The molecule has 0 saturated carbocycles. The molecule has 0 aromatic heterocycles. The van der Waals surface area contributed by atoms with Crippen molar-refractivity contribution in [1.29, 1.82) is 0 Å². The number of carbonyl (C=O) groups excluding carboxylic acids is 1. The summed E-state index contributed by atoms with van der Waals surface area (Å²) in [5.74, 6) is -0.0243. The van der Waals surface area contributed by atoms with Crippen molar-refractivity contribution in [3.8, 4) is 0 Å². The predicted octanol–water partition coefficient (Wildman–Crippen LogP) is 4.13. The van der Waals surface area contributed by atoms with Gasteiger partial charge in [0.2, 0.25) is 5.91 Å². The second-order valence-electron chi connectivity index (χ2n) is 5.90. The van der Waals surface area contributed by atoms with Crippen LogP contribution in [0.15, 0.2) is 54.6 Å². The highest BCUT2D eigenvalue weighted by Gasteiger charge is 2.31. The second kappa shape index (κ2) is 7.16. The van der Waals surface area contributed by atoms with Gasteiger partial charge in [0.1, 0.15) is 0 Å². The zero-order valence-corrected chi connectivity index (χ0v) is 13.6. The van der Waals surface area contributed by atoms with Gasteiger partial charge in [-0.3, -0.25) is 4.79 Å². The number of aliphatic hydroxyl groups excluding tert-OH is 1. The zero-order chi connectivity index (χ0) is 16.2. The molecule has 1 amide bonds. The lowest BCUT2D eigenvalue weighted by molar-refractivity contribution is -0.134. The minimum atomic E-state index is -0.767. The minimum absolute atomic E-state index is 0.0131. The maximum atomic E-state index is 12.6. The van der Waals surface area contributed by atoms with Gasteiger partial charge in [-0.25, -0.2) is 0 Å². The monoisotopic (exact) mass is 329 g/mol. The molecule has 2 aromatic rings. The van der Waals surface area contributed by atoms with Gasteiger partial charge in [0.25, 0.3) is 0 Å². The normalized spacial score (nSPS) is 18.9. The number of halogens is 1. The second-order valence-corrected chi connectivity index (χ2v) is 6.30. The summed E-state index contributed by atoms with van der Waals surface area (Å²) in [5, 5.41) is 11.0. The largest absolute Gasteiger partial charge is 0.388 e. The van der Waals surface area contributed by atoms with Crippen molar-refractivity contribution in [1.82, 2.24) is 4.90 Å². The molecule has 23 heavy (non-hydrogen) atoms. The average molecular weight is 330 g/mol. The Morgan fingerprint density at radius 2 is 1.87 bits per heavy atom. The van der Waals surface area contributed by atoms with Gasteiger partial charge in [-0.15, -0.1) is 0 Å². The number of nitrogens with zero attached hydrogens (tertiary/aromatic N) is 1. The fourth-order valence-corrected chi connectivity index (χ4v) is 3.47. The minimum Gasteiger partial charge on any atom is -0.388 e. The molecule has 4 heteroatoms. The first-order chi connectivity index (χ1) is 11.2. The van der Waals surface area contributed by atoms with Crippen molar-refractivity contribution in [2.45, 2.75) is 31.4 Å². The maximum Gasteiger partial charge on any atom is 0.226 e. The molecule has 3 rings (SSSR count). The number of benzene rings is 2. The van der Waals surface area contributed by atoms with E-state index >= 15 is 0 Å². The SMILES string of the molecule is O=C(CC(O)c1ccccc1)N1CCCC1c1ccccc1Cl. The summed E-state index contributed by atoms with van der Waals surface area (Å²) in [7, 11) is 0. The third-order valence-electron chi connectivity index (χ3n) is 4.39. The fourth-order valence-electron chi connectivity index (χ4n) is 3.21. The fraction of sp³-hybridized carbons (Fsp3) is 0.316. The quantitative estimate of drug-likeness (QED) is 0.916. The smallest absolute Gasteiger partial charge is 0.226 e. The van der Waals surface area contributed by atoms with Gasteiger partial charge in [0.05, 0.1) is 18.6 Å². The van der Waals surface area contributed by atoms with Crippen LogP contribution in [0.4, 0.5) is 0 Å². The lowest BCUT2D eigenvalue weighted by Gasteiger charge is -2.27. The molecule has 1 saturated heterocycles. The summed E-state index contributed by atoms with van der Waals surface area (Å²) in [6.07, 6.45) is 1.21.